The Labute approximate surface area is 357 Å². The molecule has 0 saturated heterocycles. The lowest BCUT2D eigenvalue weighted by Gasteiger charge is -2.16. The van der Waals surface area contributed by atoms with Crippen LogP contribution in [0.3, 0.4) is 0 Å². The lowest BCUT2D eigenvalue weighted by atomic mass is 10.1. The molecule has 1 aliphatic heterocycles. The molecule has 0 unspecified atom stereocenters. The Balaban J connectivity index is 0.000000148. The van der Waals surface area contributed by atoms with E-state index in [4.69, 9.17) is 14.2 Å². The normalized spacial score (nSPS) is 11.7. The van der Waals surface area contributed by atoms with Gasteiger partial charge in [0.05, 0.1) is 16.4 Å². The van der Waals surface area contributed by atoms with Crippen LogP contribution in [-0.4, -0.2) is 19.8 Å². The fourth-order valence-electron chi connectivity index (χ4n) is 6.46. The maximum Gasteiger partial charge on any atom is 0.179 e. The first-order chi connectivity index (χ1) is 27.9. The zero-order chi connectivity index (χ0) is 39.8. The molecule has 0 N–H and O–H groups in total. The van der Waals surface area contributed by atoms with Gasteiger partial charge in [0.15, 0.2) is 11.5 Å². The molecule has 298 valence electrons. The summed E-state index contributed by atoms with van der Waals surface area (Å²) in [4.78, 5) is 6.49. The molecule has 8 rings (SSSR count). The van der Waals surface area contributed by atoms with Crippen molar-refractivity contribution in [1.29, 1.82) is 0 Å². The van der Waals surface area contributed by atoms with Crippen LogP contribution in [0, 0.1) is 27.7 Å². The van der Waals surface area contributed by atoms with Gasteiger partial charge in [-0.1, -0.05) is 147 Å². The third-order valence-corrected chi connectivity index (χ3v) is 14.1. The minimum atomic E-state index is 0.641. The molecule has 4 aromatic heterocycles. The molecule has 1 aliphatic rings. The number of hydrogen-bond acceptors (Lipinski definition) is 7. The minimum absolute atomic E-state index is 0.641. The van der Waals surface area contributed by atoms with Gasteiger partial charge in [0.2, 0.25) is 0 Å². The average molecular weight is 833 g/mol. The Morgan fingerprint density at radius 2 is 1.09 bits per heavy atom. The third-order valence-electron chi connectivity index (χ3n) is 9.80. The van der Waals surface area contributed by atoms with Crippen LogP contribution >= 0.6 is 45.3 Å². The number of unbranched alkanes of at least 4 members (excludes halogenated alkanes) is 7. The lowest BCUT2D eigenvalue weighted by molar-refractivity contribution is 0.174. The van der Waals surface area contributed by atoms with E-state index < -0.39 is 0 Å². The van der Waals surface area contributed by atoms with Crippen molar-refractivity contribution in [3.63, 3.8) is 0 Å². The van der Waals surface area contributed by atoms with Crippen molar-refractivity contribution in [3.05, 3.63) is 135 Å². The van der Waals surface area contributed by atoms with E-state index in [1.807, 2.05) is 16.7 Å². The van der Waals surface area contributed by atoms with Gasteiger partial charge in [-0.3, -0.25) is 0 Å². The van der Waals surface area contributed by atoms with Gasteiger partial charge in [-0.15, -0.1) is 45.3 Å². The molecule has 0 amide bonds. The highest BCUT2D eigenvalue weighted by molar-refractivity contribution is 7.23. The van der Waals surface area contributed by atoms with Gasteiger partial charge >= 0.3 is 0 Å². The van der Waals surface area contributed by atoms with Gasteiger partial charge in [0, 0.05) is 25.6 Å². The summed E-state index contributed by atoms with van der Waals surface area (Å²) < 4.78 is 17.3. The second kappa shape index (κ2) is 22.1. The topological polar surface area (TPSA) is 27.7 Å². The number of rotatable bonds is 14. The minimum Gasteiger partial charge on any atom is -0.492 e. The van der Waals surface area contributed by atoms with Crippen LogP contribution in [0.15, 0.2) is 113 Å². The van der Waals surface area contributed by atoms with E-state index in [-0.39, 0.29) is 0 Å². The highest BCUT2D eigenvalue weighted by Gasteiger charge is 2.19. The van der Waals surface area contributed by atoms with Crippen molar-refractivity contribution in [2.45, 2.75) is 86.0 Å². The van der Waals surface area contributed by atoms with Gasteiger partial charge < -0.3 is 14.2 Å². The number of aryl methyl sites for hydroxylation is 4. The molecule has 7 heteroatoms. The standard InChI is InChI=1S/C22H32OS.C15H12S2.C13H12O2S/c1-4-5-6-7-8-9-10-11-16-23-21-19(3)17-24-22(21)20-14-12-18(2)13-15-20;1-11-4-6-12(7-5-11)13-8-9-15(17-13)14-3-2-10-16-14;1-9-2-4-10(5-3-9)13-12-11(8-16-13)14-6-7-15-12/h12-15,17H,4-11,16H2,1-3H3;2-10H,1H3;2-5,8H,6-7H2,1H3. The first kappa shape index (κ1) is 42.5. The van der Waals surface area contributed by atoms with Crippen molar-refractivity contribution in [2.24, 2.45) is 0 Å². The lowest BCUT2D eigenvalue weighted by Crippen LogP contribution is -2.14. The Morgan fingerprint density at radius 1 is 0.526 bits per heavy atom. The van der Waals surface area contributed by atoms with E-state index >= 15 is 0 Å². The van der Waals surface area contributed by atoms with Gasteiger partial charge in [-0.25, -0.2) is 0 Å². The maximum atomic E-state index is 6.15. The number of ether oxygens (including phenoxy) is 3. The molecule has 7 aromatic rings. The maximum absolute atomic E-state index is 6.15. The van der Waals surface area contributed by atoms with E-state index in [9.17, 15) is 0 Å². The number of thiophene rings is 4. The molecule has 0 aliphatic carbocycles. The highest BCUT2D eigenvalue weighted by Crippen LogP contribution is 2.45. The monoisotopic (exact) mass is 832 g/mol. The summed E-state index contributed by atoms with van der Waals surface area (Å²) >= 11 is 7.12. The average Bonchev–Trinajstić information content (AvgIpc) is 4.07. The molecule has 5 heterocycles. The Kier molecular flexibility index (Phi) is 16.5. The predicted molar refractivity (Wildman–Crippen MR) is 251 cm³/mol. The van der Waals surface area contributed by atoms with Crippen LogP contribution in [0.4, 0.5) is 0 Å². The quantitative estimate of drug-likeness (QED) is 0.102. The molecule has 0 radical (unpaired) electrons. The van der Waals surface area contributed by atoms with Crippen molar-refractivity contribution in [1.82, 2.24) is 0 Å². The van der Waals surface area contributed by atoms with Crippen LogP contribution in [0.25, 0.3) is 41.1 Å². The summed E-state index contributed by atoms with van der Waals surface area (Å²) in [5, 5.41) is 6.35. The van der Waals surface area contributed by atoms with E-state index in [0.29, 0.717) is 13.2 Å². The summed E-state index contributed by atoms with van der Waals surface area (Å²) in [6.07, 6.45) is 10.7. The summed E-state index contributed by atoms with van der Waals surface area (Å²) in [5.74, 6) is 2.87. The second-order valence-electron chi connectivity index (χ2n) is 14.6. The third kappa shape index (κ3) is 12.4. The van der Waals surface area contributed by atoms with Crippen LogP contribution in [0.2, 0.25) is 0 Å². The first-order valence-corrected chi connectivity index (χ1v) is 23.8. The van der Waals surface area contributed by atoms with Crippen LogP contribution in [-0.2, 0) is 0 Å². The number of fused-ring (bicyclic) bond motifs is 1. The molecular formula is C50H56O3S4. The molecule has 57 heavy (non-hydrogen) atoms. The SMILES string of the molecule is CCCCCCCCCCOc1c(C)csc1-c1ccc(C)cc1.Cc1ccc(-c2ccc(-c3cccs3)s2)cc1.Cc1ccc(-c2scc3c2OCCO3)cc1. The van der Waals surface area contributed by atoms with Crippen molar-refractivity contribution < 1.29 is 14.2 Å². The van der Waals surface area contributed by atoms with Crippen molar-refractivity contribution in [3.8, 4) is 58.3 Å². The van der Waals surface area contributed by atoms with Crippen molar-refractivity contribution in [2.75, 3.05) is 19.8 Å². The number of hydrogen-bond donors (Lipinski definition) is 0. The van der Waals surface area contributed by atoms with E-state index in [1.54, 1.807) is 34.0 Å². The van der Waals surface area contributed by atoms with Crippen LogP contribution < -0.4 is 14.2 Å². The number of benzene rings is 3. The Morgan fingerprint density at radius 3 is 1.72 bits per heavy atom. The predicted octanol–water partition coefficient (Wildman–Crippen LogP) is 16.5. The molecule has 0 bridgehead atoms. The molecular weight excluding hydrogens is 777 g/mol. The zero-order valence-corrected chi connectivity index (χ0v) is 37.4. The largest absolute Gasteiger partial charge is 0.492 e. The molecule has 0 fully saturated rings. The van der Waals surface area contributed by atoms with E-state index in [1.165, 1.54) is 103 Å². The van der Waals surface area contributed by atoms with Crippen molar-refractivity contribution >= 4 is 45.3 Å². The summed E-state index contributed by atoms with van der Waals surface area (Å²) in [6, 6.07) is 34.7. The molecule has 3 aromatic carbocycles. The molecule has 0 atom stereocenters. The fraction of sp³-hybridized carbons (Fsp3) is 0.320. The van der Waals surface area contributed by atoms with Gasteiger partial charge in [-0.05, 0) is 79.8 Å². The van der Waals surface area contributed by atoms with Gasteiger partial charge in [0.25, 0.3) is 0 Å². The molecule has 3 nitrogen and oxygen atoms in total. The fourth-order valence-corrected chi connectivity index (χ4v) is 10.2. The van der Waals surface area contributed by atoms with E-state index in [0.717, 1.165) is 35.2 Å². The molecule has 0 saturated carbocycles. The van der Waals surface area contributed by atoms with E-state index in [2.05, 4.69) is 142 Å². The van der Waals surface area contributed by atoms with Gasteiger partial charge in [0.1, 0.15) is 19.0 Å². The summed E-state index contributed by atoms with van der Waals surface area (Å²) in [6.45, 7) is 12.9. The Hall–Kier alpha value is -4.14. The summed E-state index contributed by atoms with van der Waals surface area (Å²) in [7, 11) is 0. The smallest absolute Gasteiger partial charge is 0.179 e. The highest BCUT2D eigenvalue weighted by atomic mass is 32.1. The summed E-state index contributed by atoms with van der Waals surface area (Å²) in [5.41, 5.74) is 8.91. The van der Waals surface area contributed by atoms with Crippen LogP contribution in [0.1, 0.15) is 80.5 Å². The first-order valence-electron chi connectivity index (χ1n) is 20.3. The van der Waals surface area contributed by atoms with Gasteiger partial charge in [-0.2, -0.15) is 0 Å². The zero-order valence-electron chi connectivity index (χ0n) is 34.1. The Bertz CT molecular complexity index is 2190. The second-order valence-corrected chi connectivity index (χ2v) is 18.4. The van der Waals surface area contributed by atoms with Crippen LogP contribution in [0.5, 0.6) is 17.2 Å². The molecule has 0 spiro atoms.